The Hall–Kier alpha value is -1.14. The number of hydrogen-bond donors (Lipinski definition) is 2. The molecule has 0 bridgehead atoms. The van der Waals surface area contributed by atoms with Crippen LogP contribution < -0.4 is 5.32 Å². The Bertz CT molecular complexity index is 388. The SMILES string of the molecule is CCCCCCCCCCCCOCC(O)COC(=O)C1CCC(=O)N1. The van der Waals surface area contributed by atoms with Gasteiger partial charge in [-0.2, -0.15) is 0 Å². The molecule has 1 aliphatic rings. The van der Waals surface area contributed by atoms with E-state index in [9.17, 15) is 14.7 Å². The van der Waals surface area contributed by atoms with Crippen molar-refractivity contribution < 1.29 is 24.2 Å². The van der Waals surface area contributed by atoms with Gasteiger partial charge in [0, 0.05) is 13.0 Å². The van der Waals surface area contributed by atoms with E-state index >= 15 is 0 Å². The second-order valence-electron chi connectivity index (χ2n) is 7.20. The molecule has 0 aliphatic carbocycles. The Balaban J connectivity index is 1.84. The summed E-state index contributed by atoms with van der Waals surface area (Å²) in [5, 5.41) is 12.3. The molecule has 1 fully saturated rings. The Kier molecular flexibility index (Phi) is 13.2. The van der Waals surface area contributed by atoms with Crippen molar-refractivity contribution in [2.75, 3.05) is 19.8 Å². The van der Waals surface area contributed by atoms with Crippen LogP contribution in [-0.2, 0) is 19.1 Å². The lowest BCUT2D eigenvalue weighted by molar-refractivity contribution is -0.150. The number of nitrogens with one attached hydrogen (secondary N) is 1. The van der Waals surface area contributed by atoms with E-state index in [4.69, 9.17) is 9.47 Å². The quantitative estimate of drug-likeness (QED) is 0.322. The molecular weight excluding hydrogens is 334 g/mol. The van der Waals surface area contributed by atoms with Crippen molar-refractivity contribution in [2.24, 2.45) is 0 Å². The van der Waals surface area contributed by atoms with Crippen LogP contribution in [0.15, 0.2) is 0 Å². The molecule has 6 nitrogen and oxygen atoms in total. The smallest absolute Gasteiger partial charge is 0.328 e. The minimum Gasteiger partial charge on any atom is -0.461 e. The van der Waals surface area contributed by atoms with Crippen molar-refractivity contribution in [2.45, 2.75) is 96.1 Å². The summed E-state index contributed by atoms with van der Waals surface area (Å²) in [5.74, 6) is -0.614. The van der Waals surface area contributed by atoms with Gasteiger partial charge in [0.1, 0.15) is 18.8 Å². The first-order valence-electron chi connectivity index (χ1n) is 10.3. The Morgan fingerprint density at radius 1 is 1.08 bits per heavy atom. The monoisotopic (exact) mass is 371 g/mol. The van der Waals surface area contributed by atoms with Crippen LogP contribution >= 0.6 is 0 Å². The first-order valence-corrected chi connectivity index (χ1v) is 10.3. The highest BCUT2D eigenvalue weighted by atomic mass is 16.5. The van der Waals surface area contributed by atoms with Gasteiger partial charge in [-0.1, -0.05) is 64.7 Å². The largest absolute Gasteiger partial charge is 0.461 e. The number of hydrogen-bond acceptors (Lipinski definition) is 5. The summed E-state index contributed by atoms with van der Waals surface area (Å²) in [7, 11) is 0. The maximum atomic E-state index is 11.7. The van der Waals surface area contributed by atoms with Crippen molar-refractivity contribution in [1.29, 1.82) is 0 Å². The average molecular weight is 372 g/mol. The van der Waals surface area contributed by atoms with E-state index in [-0.39, 0.29) is 19.1 Å². The summed E-state index contributed by atoms with van der Waals surface area (Å²) in [6, 6.07) is -0.567. The van der Waals surface area contributed by atoms with Crippen LogP contribution in [0.3, 0.4) is 0 Å². The molecule has 0 aromatic rings. The molecule has 0 spiro atoms. The number of ether oxygens (including phenoxy) is 2. The van der Waals surface area contributed by atoms with Gasteiger partial charge in [-0.05, 0) is 12.8 Å². The van der Waals surface area contributed by atoms with Gasteiger partial charge in [-0.15, -0.1) is 0 Å². The van der Waals surface area contributed by atoms with E-state index < -0.39 is 18.1 Å². The van der Waals surface area contributed by atoms with Crippen LogP contribution in [0.4, 0.5) is 0 Å². The molecule has 2 unspecified atom stereocenters. The molecule has 26 heavy (non-hydrogen) atoms. The van der Waals surface area contributed by atoms with Gasteiger partial charge in [0.05, 0.1) is 6.61 Å². The maximum Gasteiger partial charge on any atom is 0.328 e. The van der Waals surface area contributed by atoms with Gasteiger partial charge in [-0.3, -0.25) is 4.79 Å². The second kappa shape index (κ2) is 15.0. The summed E-state index contributed by atoms with van der Waals surface area (Å²) in [4.78, 5) is 22.7. The zero-order valence-corrected chi connectivity index (χ0v) is 16.3. The third-order valence-corrected chi connectivity index (χ3v) is 4.65. The fourth-order valence-corrected chi connectivity index (χ4v) is 3.03. The number of unbranched alkanes of at least 4 members (excludes halogenated alkanes) is 9. The summed E-state index contributed by atoms with van der Waals surface area (Å²) in [6.07, 6.45) is 12.8. The Morgan fingerprint density at radius 2 is 1.69 bits per heavy atom. The zero-order valence-electron chi connectivity index (χ0n) is 16.3. The summed E-state index contributed by atoms with van der Waals surface area (Å²) < 4.78 is 10.4. The third kappa shape index (κ3) is 11.5. The molecule has 0 aromatic carbocycles. The van der Waals surface area contributed by atoms with E-state index in [0.717, 1.165) is 12.8 Å². The Labute approximate surface area is 158 Å². The van der Waals surface area contributed by atoms with Crippen LogP contribution in [0.25, 0.3) is 0 Å². The van der Waals surface area contributed by atoms with Crippen LogP contribution in [0.5, 0.6) is 0 Å². The highest BCUT2D eigenvalue weighted by Gasteiger charge is 2.28. The zero-order chi connectivity index (χ0) is 19.0. The number of aliphatic hydroxyl groups is 1. The standard InChI is InChI=1S/C20H37NO5/c1-2-3-4-5-6-7-8-9-10-11-14-25-15-17(22)16-26-20(24)18-12-13-19(23)21-18/h17-18,22H,2-16H2,1H3,(H,21,23). The van der Waals surface area contributed by atoms with Gasteiger partial charge in [0.25, 0.3) is 0 Å². The van der Waals surface area contributed by atoms with Crippen molar-refractivity contribution in [3.8, 4) is 0 Å². The fourth-order valence-electron chi connectivity index (χ4n) is 3.03. The van der Waals surface area contributed by atoms with Gasteiger partial charge in [0.2, 0.25) is 5.91 Å². The number of amides is 1. The molecule has 6 heteroatoms. The van der Waals surface area contributed by atoms with E-state index in [1.807, 2.05) is 0 Å². The highest BCUT2D eigenvalue weighted by molar-refractivity contribution is 5.88. The fraction of sp³-hybridized carbons (Fsp3) is 0.900. The second-order valence-corrected chi connectivity index (χ2v) is 7.20. The predicted octanol–water partition coefficient (Wildman–Crippen LogP) is 3.11. The minimum atomic E-state index is -0.820. The number of rotatable bonds is 16. The van der Waals surface area contributed by atoms with Crippen molar-refractivity contribution >= 4 is 11.9 Å². The summed E-state index contributed by atoms with van der Waals surface area (Å²) in [5.41, 5.74) is 0. The van der Waals surface area contributed by atoms with Gasteiger partial charge in [-0.25, -0.2) is 4.79 Å². The number of carbonyl (C=O) groups excluding carboxylic acids is 2. The molecule has 1 amide bonds. The molecule has 1 saturated heterocycles. The van der Waals surface area contributed by atoms with E-state index in [1.54, 1.807) is 0 Å². The third-order valence-electron chi connectivity index (χ3n) is 4.65. The predicted molar refractivity (Wildman–Crippen MR) is 101 cm³/mol. The molecule has 1 heterocycles. The van der Waals surface area contributed by atoms with Crippen LogP contribution in [0.2, 0.25) is 0 Å². The topological polar surface area (TPSA) is 84.9 Å². The first kappa shape index (κ1) is 22.9. The van der Waals surface area contributed by atoms with Gasteiger partial charge in [0.15, 0.2) is 0 Å². The van der Waals surface area contributed by atoms with E-state index in [0.29, 0.717) is 19.4 Å². The number of esters is 1. The van der Waals surface area contributed by atoms with Gasteiger partial charge >= 0.3 is 5.97 Å². The van der Waals surface area contributed by atoms with Crippen molar-refractivity contribution in [1.82, 2.24) is 5.32 Å². The van der Waals surface area contributed by atoms with Crippen molar-refractivity contribution in [3.63, 3.8) is 0 Å². The normalized spacial score (nSPS) is 17.9. The molecule has 1 rings (SSSR count). The molecule has 1 aliphatic heterocycles. The number of aliphatic hydroxyl groups excluding tert-OH is 1. The van der Waals surface area contributed by atoms with E-state index in [2.05, 4.69) is 12.2 Å². The lowest BCUT2D eigenvalue weighted by Gasteiger charge is -2.14. The first-order chi connectivity index (χ1) is 12.6. The molecular formula is C20H37NO5. The highest BCUT2D eigenvalue weighted by Crippen LogP contribution is 2.11. The molecule has 2 atom stereocenters. The van der Waals surface area contributed by atoms with Crippen LogP contribution in [-0.4, -0.2) is 48.9 Å². The van der Waals surface area contributed by atoms with Crippen LogP contribution in [0, 0.1) is 0 Å². The summed E-state index contributed by atoms with van der Waals surface area (Å²) >= 11 is 0. The van der Waals surface area contributed by atoms with E-state index in [1.165, 1.54) is 51.4 Å². The summed E-state index contributed by atoms with van der Waals surface area (Å²) in [6.45, 7) is 2.94. The molecule has 152 valence electrons. The molecule has 0 saturated carbocycles. The van der Waals surface area contributed by atoms with Gasteiger partial charge < -0.3 is 19.9 Å². The van der Waals surface area contributed by atoms with Crippen molar-refractivity contribution in [3.05, 3.63) is 0 Å². The molecule has 2 N–H and O–H groups in total. The lowest BCUT2D eigenvalue weighted by Crippen LogP contribution is -2.36. The lowest BCUT2D eigenvalue weighted by atomic mass is 10.1. The molecule has 0 radical (unpaired) electrons. The van der Waals surface area contributed by atoms with Crippen LogP contribution in [0.1, 0.15) is 84.0 Å². The number of carbonyl (C=O) groups is 2. The maximum absolute atomic E-state index is 11.7. The average Bonchev–Trinajstić information content (AvgIpc) is 3.07. The minimum absolute atomic E-state index is 0.0940. The Morgan fingerprint density at radius 3 is 2.27 bits per heavy atom. The molecule has 0 aromatic heterocycles.